The third-order valence-electron chi connectivity index (χ3n) is 2.42. The lowest BCUT2D eigenvalue weighted by Gasteiger charge is -2.09. The zero-order chi connectivity index (χ0) is 8.97. The van der Waals surface area contributed by atoms with Crippen molar-refractivity contribution in [2.45, 2.75) is 39.7 Å². The quantitative estimate of drug-likeness (QED) is 0.579. The minimum Gasteiger partial charge on any atom is -0.264 e. The Bertz CT molecular complexity index is 161. The van der Waals surface area contributed by atoms with Crippen LogP contribution in [-0.2, 0) is 0 Å². The summed E-state index contributed by atoms with van der Waals surface area (Å²) in [5, 5.41) is 0. The SMILES string of the molecule is CCCC[N+]1=CN(C(C)C)CC1. The van der Waals surface area contributed by atoms with Gasteiger partial charge in [-0.25, -0.2) is 0 Å². The van der Waals surface area contributed by atoms with E-state index in [4.69, 9.17) is 0 Å². The van der Waals surface area contributed by atoms with Crippen LogP contribution in [0.15, 0.2) is 0 Å². The first kappa shape index (κ1) is 9.56. The lowest BCUT2D eigenvalue weighted by atomic mass is 10.3. The summed E-state index contributed by atoms with van der Waals surface area (Å²) in [6, 6.07) is 0.664. The number of rotatable bonds is 4. The van der Waals surface area contributed by atoms with Gasteiger partial charge in [0.1, 0.15) is 13.1 Å². The van der Waals surface area contributed by atoms with E-state index in [-0.39, 0.29) is 0 Å². The van der Waals surface area contributed by atoms with E-state index in [1.807, 2.05) is 0 Å². The molecule has 0 saturated heterocycles. The van der Waals surface area contributed by atoms with Gasteiger partial charge in [0.15, 0.2) is 0 Å². The van der Waals surface area contributed by atoms with Crippen molar-refractivity contribution in [1.29, 1.82) is 0 Å². The Balaban J connectivity index is 2.32. The van der Waals surface area contributed by atoms with E-state index in [2.05, 4.69) is 36.6 Å². The van der Waals surface area contributed by atoms with Gasteiger partial charge >= 0.3 is 0 Å². The zero-order valence-corrected chi connectivity index (χ0v) is 8.58. The molecule has 0 bridgehead atoms. The summed E-state index contributed by atoms with van der Waals surface area (Å²) in [6.07, 6.45) is 4.91. The van der Waals surface area contributed by atoms with Crippen molar-refractivity contribution in [3.05, 3.63) is 0 Å². The average molecular weight is 169 g/mol. The molecule has 0 aliphatic carbocycles. The third-order valence-corrected chi connectivity index (χ3v) is 2.42. The van der Waals surface area contributed by atoms with Gasteiger partial charge in [-0.05, 0) is 20.3 Å². The average Bonchev–Trinajstić information content (AvgIpc) is 2.48. The second kappa shape index (κ2) is 4.48. The first-order valence-electron chi connectivity index (χ1n) is 5.09. The van der Waals surface area contributed by atoms with Crippen LogP contribution in [0.4, 0.5) is 0 Å². The summed E-state index contributed by atoms with van der Waals surface area (Å²) in [7, 11) is 0. The minimum absolute atomic E-state index is 0.664. The highest BCUT2D eigenvalue weighted by atomic mass is 15.3. The van der Waals surface area contributed by atoms with Crippen LogP contribution in [0, 0.1) is 0 Å². The molecular formula is C10H21N2+. The van der Waals surface area contributed by atoms with Gasteiger partial charge in [0.05, 0.1) is 12.6 Å². The van der Waals surface area contributed by atoms with Gasteiger partial charge in [0.25, 0.3) is 0 Å². The first-order chi connectivity index (χ1) is 5.74. The zero-order valence-electron chi connectivity index (χ0n) is 8.58. The number of hydrogen-bond acceptors (Lipinski definition) is 1. The van der Waals surface area contributed by atoms with E-state index in [1.54, 1.807) is 0 Å². The summed E-state index contributed by atoms with van der Waals surface area (Å²) in [5.74, 6) is 0. The summed E-state index contributed by atoms with van der Waals surface area (Å²) in [4.78, 5) is 2.41. The van der Waals surface area contributed by atoms with E-state index in [1.165, 1.54) is 32.5 Å². The summed E-state index contributed by atoms with van der Waals surface area (Å²) >= 11 is 0. The van der Waals surface area contributed by atoms with E-state index >= 15 is 0 Å². The summed E-state index contributed by atoms with van der Waals surface area (Å²) < 4.78 is 2.43. The van der Waals surface area contributed by atoms with E-state index < -0.39 is 0 Å². The maximum Gasteiger partial charge on any atom is 0.234 e. The lowest BCUT2D eigenvalue weighted by Crippen LogP contribution is -2.27. The Hall–Kier alpha value is -0.530. The van der Waals surface area contributed by atoms with Gasteiger partial charge in [-0.1, -0.05) is 13.3 Å². The minimum atomic E-state index is 0.664. The molecule has 0 saturated carbocycles. The van der Waals surface area contributed by atoms with Gasteiger partial charge in [0, 0.05) is 0 Å². The second-order valence-electron chi connectivity index (χ2n) is 3.84. The van der Waals surface area contributed by atoms with Crippen molar-refractivity contribution in [2.75, 3.05) is 19.6 Å². The molecular weight excluding hydrogens is 148 g/mol. The fourth-order valence-corrected chi connectivity index (χ4v) is 1.49. The molecule has 0 N–H and O–H groups in total. The Morgan fingerprint density at radius 2 is 2.25 bits per heavy atom. The first-order valence-corrected chi connectivity index (χ1v) is 5.09. The molecule has 2 heteroatoms. The molecule has 1 rings (SSSR count). The molecule has 70 valence electrons. The van der Waals surface area contributed by atoms with E-state index in [0.29, 0.717) is 6.04 Å². The largest absolute Gasteiger partial charge is 0.264 e. The third kappa shape index (κ3) is 2.50. The molecule has 0 atom stereocenters. The number of unbranched alkanes of at least 4 members (excludes halogenated alkanes) is 1. The standard InChI is InChI=1S/C10H21N2/c1-4-5-6-11-7-8-12(9-11)10(2)3/h9-10H,4-8H2,1-3H3/q+1. The van der Waals surface area contributed by atoms with Crippen LogP contribution in [0.1, 0.15) is 33.6 Å². The molecule has 1 heterocycles. The highest BCUT2D eigenvalue weighted by Gasteiger charge is 2.20. The molecule has 0 spiro atoms. The topological polar surface area (TPSA) is 6.25 Å². The maximum atomic E-state index is 2.43. The van der Waals surface area contributed by atoms with Gasteiger partial charge in [-0.2, -0.15) is 0 Å². The smallest absolute Gasteiger partial charge is 0.234 e. The molecule has 0 aromatic rings. The fourth-order valence-electron chi connectivity index (χ4n) is 1.49. The van der Waals surface area contributed by atoms with Crippen molar-refractivity contribution < 1.29 is 4.58 Å². The summed E-state index contributed by atoms with van der Waals surface area (Å²) in [5.41, 5.74) is 0. The predicted molar refractivity (Wildman–Crippen MR) is 52.8 cm³/mol. The van der Waals surface area contributed by atoms with Crippen molar-refractivity contribution in [3.8, 4) is 0 Å². The van der Waals surface area contributed by atoms with E-state index in [9.17, 15) is 0 Å². The highest BCUT2D eigenvalue weighted by molar-refractivity contribution is 5.50. The lowest BCUT2D eigenvalue weighted by molar-refractivity contribution is -0.514. The fraction of sp³-hybridized carbons (Fsp3) is 0.900. The molecule has 0 fully saturated rings. The van der Waals surface area contributed by atoms with Gasteiger partial charge in [-0.15, -0.1) is 0 Å². The Labute approximate surface area is 75.9 Å². The molecule has 0 unspecified atom stereocenters. The van der Waals surface area contributed by atoms with Crippen LogP contribution < -0.4 is 0 Å². The van der Waals surface area contributed by atoms with Gasteiger partial charge in [0.2, 0.25) is 6.34 Å². The Kier molecular flexibility index (Phi) is 3.57. The molecule has 0 amide bonds. The highest BCUT2D eigenvalue weighted by Crippen LogP contribution is 2.01. The van der Waals surface area contributed by atoms with Crippen LogP contribution >= 0.6 is 0 Å². The summed E-state index contributed by atoms with van der Waals surface area (Å²) in [6.45, 7) is 10.4. The van der Waals surface area contributed by atoms with Crippen molar-refractivity contribution >= 4 is 6.34 Å². The molecule has 0 aromatic carbocycles. The van der Waals surface area contributed by atoms with Crippen LogP contribution in [0.3, 0.4) is 0 Å². The molecule has 12 heavy (non-hydrogen) atoms. The Morgan fingerprint density at radius 1 is 1.50 bits per heavy atom. The number of nitrogens with zero attached hydrogens (tertiary/aromatic N) is 2. The molecule has 0 aromatic heterocycles. The van der Waals surface area contributed by atoms with Gasteiger partial charge < -0.3 is 0 Å². The normalized spacial score (nSPS) is 17.3. The van der Waals surface area contributed by atoms with Crippen LogP contribution in [-0.4, -0.2) is 41.5 Å². The van der Waals surface area contributed by atoms with Crippen LogP contribution in [0.5, 0.6) is 0 Å². The van der Waals surface area contributed by atoms with Crippen molar-refractivity contribution in [2.24, 2.45) is 0 Å². The monoisotopic (exact) mass is 169 g/mol. The molecule has 0 radical (unpaired) electrons. The predicted octanol–water partition coefficient (Wildman–Crippen LogP) is 1.55. The van der Waals surface area contributed by atoms with Crippen molar-refractivity contribution in [3.63, 3.8) is 0 Å². The Morgan fingerprint density at radius 3 is 2.75 bits per heavy atom. The maximum absolute atomic E-state index is 2.43. The molecule has 1 aliphatic rings. The van der Waals surface area contributed by atoms with Crippen LogP contribution in [0.25, 0.3) is 0 Å². The molecule has 2 nitrogen and oxygen atoms in total. The second-order valence-corrected chi connectivity index (χ2v) is 3.84. The number of hydrogen-bond donors (Lipinski definition) is 0. The van der Waals surface area contributed by atoms with Crippen molar-refractivity contribution in [1.82, 2.24) is 4.90 Å². The van der Waals surface area contributed by atoms with Crippen LogP contribution in [0.2, 0.25) is 0 Å². The van der Waals surface area contributed by atoms with Gasteiger partial charge in [-0.3, -0.25) is 9.48 Å². The molecule has 1 aliphatic heterocycles. The van der Waals surface area contributed by atoms with E-state index in [0.717, 1.165) is 0 Å².